The molecule has 2 heterocycles. The Balaban J connectivity index is 0.000000298. The van der Waals surface area contributed by atoms with Crippen LogP contribution in [0.1, 0.15) is 30.7 Å². The fraction of sp³-hybridized carbons (Fsp3) is 0.500. The summed E-state index contributed by atoms with van der Waals surface area (Å²) in [6.45, 7) is 2.60. The lowest BCUT2D eigenvalue weighted by molar-refractivity contribution is -0.192. The van der Waals surface area contributed by atoms with E-state index in [1.165, 1.54) is 0 Å². The van der Waals surface area contributed by atoms with Gasteiger partial charge in [0.1, 0.15) is 0 Å². The second-order valence-corrected chi connectivity index (χ2v) is 7.82. The number of alkyl halides is 3. The van der Waals surface area contributed by atoms with Crippen LogP contribution >= 0.6 is 11.6 Å². The van der Waals surface area contributed by atoms with E-state index < -0.39 is 12.1 Å². The van der Waals surface area contributed by atoms with Gasteiger partial charge in [-0.3, -0.25) is 15.0 Å². The maximum Gasteiger partial charge on any atom is 0.490 e. The molecule has 4 rings (SSSR count). The van der Waals surface area contributed by atoms with Crippen LogP contribution in [0.25, 0.3) is 0 Å². The number of carbonyl (C=O) groups is 3. The third kappa shape index (κ3) is 4.48. The predicted octanol–water partition coefficient (Wildman–Crippen LogP) is 2.89. The Morgan fingerprint density at radius 3 is 2.34 bits per heavy atom. The Hall–Kier alpha value is -2.33. The molecule has 1 aromatic rings. The van der Waals surface area contributed by atoms with Gasteiger partial charge in [-0.15, -0.1) is 0 Å². The molecule has 0 radical (unpaired) electrons. The fourth-order valence-corrected chi connectivity index (χ4v) is 4.21. The summed E-state index contributed by atoms with van der Waals surface area (Å²) in [5.74, 6) is -2.51. The lowest BCUT2D eigenvalue weighted by Crippen LogP contribution is -2.59. The van der Waals surface area contributed by atoms with E-state index in [9.17, 15) is 22.8 Å². The Morgan fingerprint density at radius 2 is 1.86 bits per heavy atom. The molecular weight excluding hydrogens is 415 g/mol. The van der Waals surface area contributed by atoms with Crippen molar-refractivity contribution in [2.24, 2.45) is 5.41 Å². The number of rotatable bonds is 2. The highest BCUT2D eigenvalue weighted by molar-refractivity contribution is 6.34. The third-order valence-corrected chi connectivity index (χ3v) is 5.81. The predicted molar refractivity (Wildman–Crippen MR) is 97.9 cm³/mol. The minimum absolute atomic E-state index is 0.230. The molecule has 3 fully saturated rings. The number of urea groups is 1. The summed E-state index contributed by atoms with van der Waals surface area (Å²) in [5, 5.41) is 13.5. The molecule has 3 N–H and O–H groups in total. The summed E-state index contributed by atoms with van der Waals surface area (Å²) < 4.78 is 31.7. The highest BCUT2D eigenvalue weighted by Gasteiger charge is 2.49. The first kappa shape index (κ1) is 21.4. The maximum atomic E-state index is 12.0. The number of carbonyl (C=O) groups excluding carboxylic acids is 2. The van der Waals surface area contributed by atoms with Crippen LogP contribution in [-0.4, -0.2) is 48.8 Å². The minimum Gasteiger partial charge on any atom is -0.475 e. The summed E-state index contributed by atoms with van der Waals surface area (Å²) in [7, 11) is 0. The first-order valence-corrected chi connectivity index (χ1v) is 9.31. The summed E-state index contributed by atoms with van der Waals surface area (Å²) >= 11 is 6.58. The molecule has 0 aromatic heterocycles. The Bertz CT molecular complexity index is 834. The van der Waals surface area contributed by atoms with Crippen molar-refractivity contribution in [2.45, 2.75) is 31.4 Å². The van der Waals surface area contributed by atoms with Crippen molar-refractivity contribution in [2.75, 3.05) is 24.5 Å². The Labute approximate surface area is 169 Å². The van der Waals surface area contributed by atoms with Crippen LogP contribution in [0.3, 0.4) is 0 Å². The van der Waals surface area contributed by atoms with E-state index in [1.807, 2.05) is 12.1 Å². The molecule has 0 atom stereocenters. The van der Waals surface area contributed by atoms with Gasteiger partial charge in [-0.1, -0.05) is 23.7 Å². The molecule has 3 aliphatic rings. The molecule has 1 aliphatic carbocycles. The normalized spacial score (nSPS) is 20.9. The van der Waals surface area contributed by atoms with Crippen LogP contribution in [0.2, 0.25) is 5.02 Å². The number of nitrogens with one attached hydrogen (secondary N) is 2. The van der Waals surface area contributed by atoms with E-state index >= 15 is 0 Å². The number of halogens is 4. The maximum absolute atomic E-state index is 12.0. The van der Waals surface area contributed by atoms with Gasteiger partial charge in [0, 0.05) is 26.1 Å². The van der Waals surface area contributed by atoms with Gasteiger partial charge in [-0.25, -0.2) is 9.59 Å². The molecule has 158 valence electrons. The first-order chi connectivity index (χ1) is 13.5. The van der Waals surface area contributed by atoms with Crippen LogP contribution < -0.4 is 15.5 Å². The lowest BCUT2D eigenvalue weighted by atomic mass is 9.57. The molecule has 7 nitrogen and oxygen atoms in total. The molecule has 2 aliphatic heterocycles. The molecular formula is C18H19ClF3N3O4. The van der Waals surface area contributed by atoms with Gasteiger partial charge < -0.3 is 10.4 Å². The monoisotopic (exact) mass is 433 g/mol. The van der Waals surface area contributed by atoms with Crippen LogP contribution in [0.5, 0.6) is 0 Å². The highest BCUT2D eigenvalue weighted by atomic mass is 35.5. The van der Waals surface area contributed by atoms with Crippen molar-refractivity contribution in [1.82, 2.24) is 10.6 Å². The van der Waals surface area contributed by atoms with Gasteiger partial charge >= 0.3 is 18.2 Å². The summed E-state index contributed by atoms with van der Waals surface area (Å²) in [4.78, 5) is 33.7. The van der Waals surface area contributed by atoms with E-state index in [1.54, 1.807) is 4.90 Å². The van der Waals surface area contributed by atoms with Crippen LogP contribution in [0.4, 0.5) is 23.7 Å². The van der Waals surface area contributed by atoms with Crippen LogP contribution in [0.15, 0.2) is 18.2 Å². The SMILES string of the molecule is O=C(O)C(F)(F)F.O=C1CCN(c2cccc(C3CC4(CNC4)C3)c2Cl)C(=O)N1. The Kier molecular flexibility index (Phi) is 5.77. The number of imide groups is 1. The lowest BCUT2D eigenvalue weighted by Gasteiger charge is -2.55. The second-order valence-electron chi connectivity index (χ2n) is 7.45. The molecule has 1 saturated carbocycles. The van der Waals surface area contributed by atoms with Crippen molar-refractivity contribution in [3.8, 4) is 0 Å². The molecule has 1 aromatic carbocycles. The molecule has 29 heavy (non-hydrogen) atoms. The van der Waals surface area contributed by atoms with E-state index in [-0.39, 0.29) is 11.9 Å². The van der Waals surface area contributed by atoms with E-state index in [0.29, 0.717) is 35.0 Å². The van der Waals surface area contributed by atoms with Gasteiger partial charge in [-0.05, 0) is 35.8 Å². The largest absolute Gasteiger partial charge is 0.490 e. The third-order valence-electron chi connectivity index (χ3n) is 5.39. The Morgan fingerprint density at radius 1 is 1.24 bits per heavy atom. The zero-order valence-electron chi connectivity index (χ0n) is 15.2. The number of hydrogen-bond donors (Lipinski definition) is 3. The number of benzene rings is 1. The molecule has 0 bridgehead atoms. The number of carboxylic acid groups (broad SMARTS) is 1. The quantitative estimate of drug-likeness (QED) is 0.666. The highest BCUT2D eigenvalue weighted by Crippen LogP contribution is 2.55. The first-order valence-electron chi connectivity index (χ1n) is 8.93. The number of anilines is 1. The topological polar surface area (TPSA) is 98.7 Å². The summed E-state index contributed by atoms with van der Waals surface area (Å²) in [5.41, 5.74) is 2.32. The van der Waals surface area contributed by atoms with Gasteiger partial charge in [0.2, 0.25) is 5.91 Å². The van der Waals surface area contributed by atoms with Crippen LogP contribution in [0, 0.1) is 5.41 Å². The molecule has 2 saturated heterocycles. The van der Waals surface area contributed by atoms with Crippen molar-refractivity contribution >= 4 is 35.2 Å². The number of hydrogen-bond acceptors (Lipinski definition) is 4. The van der Waals surface area contributed by atoms with Crippen molar-refractivity contribution in [1.29, 1.82) is 0 Å². The van der Waals surface area contributed by atoms with Gasteiger partial charge in [0.25, 0.3) is 0 Å². The molecule has 0 unspecified atom stereocenters. The van der Waals surface area contributed by atoms with Crippen molar-refractivity contribution < 1.29 is 32.7 Å². The molecule has 11 heteroatoms. The average molecular weight is 434 g/mol. The van der Waals surface area contributed by atoms with Gasteiger partial charge in [0.15, 0.2) is 0 Å². The summed E-state index contributed by atoms with van der Waals surface area (Å²) in [6.07, 6.45) is -2.45. The molecule has 1 spiro atoms. The zero-order chi connectivity index (χ0) is 21.4. The number of amides is 3. The number of nitrogens with zero attached hydrogens (tertiary/aromatic N) is 1. The average Bonchev–Trinajstić information content (AvgIpc) is 2.54. The van der Waals surface area contributed by atoms with Gasteiger partial charge in [-0.2, -0.15) is 13.2 Å². The van der Waals surface area contributed by atoms with Crippen LogP contribution in [-0.2, 0) is 9.59 Å². The van der Waals surface area contributed by atoms with Crippen molar-refractivity contribution in [3.05, 3.63) is 28.8 Å². The summed E-state index contributed by atoms with van der Waals surface area (Å²) in [6, 6.07) is 5.47. The molecule has 3 amide bonds. The standard InChI is InChI=1S/C16H18ClN3O2.C2HF3O2/c17-14-11(10-6-16(7-10)8-18-9-16)2-1-3-12(14)20-5-4-13(21)19-15(20)22;3-2(4,5)1(6)7/h1-3,10,18H,4-9H2,(H,19,21,22);(H,6,7). The zero-order valence-corrected chi connectivity index (χ0v) is 15.9. The number of carboxylic acids is 1. The fourth-order valence-electron chi connectivity index (χ4n) is 3.83. The number of aliphatic carboxylic acids is 1. The minimum atomic E-state index is -5.08. The van der Waals surface area contributed by atoms with E-state index in [0.717, 1.165) is 31.5 Å². The van der Waals surface area contributed by atoms with E-state index in [2.05, 4.69) is 16.7 Å². The second kappa shape index (κ2) is 7.83. The smallest absolute Gasteiger partial charge is 0.475 e. The van der Waals surface area contributed by atoms with E-state index in [4.69, 9.17) is 21.5 Å². The van der Waals surface area contributed by atoms with Gasteiger partial charge in [0.05, 0.1) is 10.7 Å². The van der Waals surface area contributed by atoms with Crippen molar-refractivity contribution in [3.63, 3.8) is 0 Å².